The van der Waals surface area contributed by atoms with Crippen LogP contribution in [0.4, 0.5) is 17.6 Å². The normalized spacial score (nSPS) is 15.6. The van der Waals surface area contributed by atoms with Crippen molar-refractivity contribution in [3.05, 3.63) is 100 Å². The Morgan fingerprint density at radius 2 is 1.88 bits per heavy atom. The van der Waals surface area contributed by atoms with E-state index in [0.717, 1.165) is 32.6 Å². The standard InChI is InChI=1S/C37H36F4N4O3S2/c1-4-31(46)45-15-10-28-29(20-45)50-37(42-28)35-33(32(27(39)7-12-38)22(2)48-17-16-47-3)36-26(11-18-49-36)34(43-35)25-6-5-23-8-13-44(21-30(40)41)14-9-24(23)19-25/h4-7,11-12,18-19,30H,1-2,8-10,13-17,20-21H2,3H3/b12-7+,32-27-. The summed E-state index contributed by atoms with van der Waals surface area (Å²) in [6.45, 7) is 9.58. The van der Waals surface area contributed by atoms with E-state index in [0.29, 0.717) is 78.2 Å². The molecule has 0 radical (unpaired) electrons. The molecule has 0 atom stereocenters. The Bertz CT molecular complexity index is 1990. The number of thiazole rings is 1. The molecular formula is C37H36F4N4O3S2. The molecule has 7 nitrogen and oxygen atoms in total. The van der Waals surface area contributed by atoms with Gasteiger partial charge in [-0.25, -0.2) is 27.5 Å². The summed E-state index contributed by atoms with van der Waals surface area (Å²) in [5.74, 6) is -1.10. The van der Waals surface area contributed by atoms with Gasteiger partial charge in [0.2, 0.25) is 5.91 Å². The number of ether oxygens (including phenoxy) is 2. The molecule has 1 aromatic carbocycles. The first-order valence-electron chi connectivity index (χ1n) is 16.1. The second kappa shape index (κ2) is 15.8. The van der Waals surface area contributed by atoms with E-state index in [2.05, 4.69) is 19.2 Å². The fourth-order valence-electron chi connectivity index (χ4n) is 6.39. The third-order valence-electron chi connectivity index (χ3n) is 8.84. The van der Waals surface area contributed by atoms with Gasteiger partial charge in [-0.15, -0.1) is 22.7 Å². The Morgan fingerprint density at radius 1 is 1.08 bits per heavy atom. The molecule has 13 heteroatoms. The Hall–Kier alpha value is -4.17. The maximum Gasteiger partial charge on any atom is 0.251 e. The molecule has 0 N–H and O–H groups in total. The summed E-state index contributed by atoms with van der Waals surface area (Å²) < 4.78 is 67.5. The van der Waals surface area contributed by atoms with E-state index in [-0.39, 0.29) is 43.3 Å². The van der Waals surface area contributed by atoms with Crippen LogP contribution >= 0.6 is 22.7 Å². The average Bonchev–Trinajstić information content (AvgIpc) is 3.72. The summed E-state index contributed by atoms with van der Waals surface area (Å²) in [5.41, 5.74) is 5.10. The van der Waals surface area contributed by atoms with E-state index >= 15 is 4.39 Å². The van der Waals surface area contributed by atoms with Crippen LogP contribution < -0.4 is 0 Å². The minimum atomic E-state index is -2.40. The number of fused-ring (bicyclic) bond motifs is 3. The van der Waals surface area contributed by atoms with Gasteiger partial charge in [0.15, 0.2) is 0 Å². The summed E-state index contributed by atoms with van der Waals surface area (Å²) in [7, 11) is 1.51. The molecule has 0 bridgehead atoms. The van der Waals surface area contributed by atoms with Crippen LogP contribution in [0.3, 0.4) is 0 Å². The molecule has 0 fully saturated rings. The van der Waals surface area contributed by atoms with E-state index in [4.69, 9.17) is 19.4 Å². The quantitative estimate of drug-likeness (QED) is 0.0483. The highest BCUT2D eigenvalue weighted by Crippen LogP contribution is 2.46. The highest BCUT2D eigenvalue weighted by Gasteiger charge is 2.30. The molecule has 2 aliphatic heterocycles. The van der Waals surface area contributed by atoms with Crippen molar-refractivity contribution in [3.8, 4) is 22.0 Å². The molecule has 2 aliphatic rings. The summed E-state index contributed by atoms with van der Waals surface area (Å²) in [5, 5.41) is 3.13. The van der Waals surface area contributed by atoms with Gasteiger partial charge in [-0.05, 0) is 47.6 Å². The zero-order valence-corrected chi connectivity index (χ0v) is 29.2. The van der Waals surface area contributed by atoms with Crippen molar-refractivity contribution in [2.75, 3.05) is 46.5 Å². The molecule has 0 unspecified atom stereocenters. The van der Waals surface area contributed by atoms with Gasteiger partial charge >= 0.3 is 0 Å². The van der Waals surface area contributed by atoms with Crippen LogP contribution in [0.25, 0.3) is 37.6 Å². The second-order valence-corrected chi connectivity index (χ2v) is 13.9. The van der Waals surface area contributed by atoms with Crippen LogP contribution in [-0.2, 0) is 40.1 Å². The minimum absolute atomic E-state index is 0.0226. The van der Waals surface area contributed by atoms with Crippen LogP contribution in [-0.4, -0.2) is 78.6 Å². The third-order valence-corrected chi connectivity index (χ3v) is 10.9. The molecule has 5 heterocycles. The Morgan fingerprint density at radius 3 is 2.62 bits per heavy atom. The van der Waals surface area contributed by atoms with Gasteiger partial charge in [0.25, 0.3) is 6.43 Å². The molecule has 0 saturated heterocycles. The number of hydrogen-bond acceptors (Lipinski definition) is 8. The molecule has 0 saturated carbocycles. The fraction of sp³-hybridized carbons (Fsp3) is 0.324. The number of halogens is 4. The van der Waals surface area contributed by atoms with Gasteiger partial charge in [0.05, 0.1) is 43.0 Å². The number of methoxy groups -OCH3 is 1. The summed E-state index contributed by atoms with van der Waals surface area (Å²) in [6, 6.07) is 7.98. The number of carbonyl (C=O) groups excluding carboxylic acids is 1. The van der Waals surface area contributed by atoms with Gasteiger partial charge in [-0.2, -0.15) is 0 Å². The van der Waals surface area contributed by atoms with Crippen molar-refractivity contribution in [1.29, 1.82) is 0 Å². The van der Waals surface area contributed by atoms with Crippen molar-refractivity contribution in [3.63, 3.8) is 0 Å². The lowest BCUT2D eigenvalue weighted by molar-refractivity contribution is -0.126. The Balaban J connectivity index is 1.54. The number of benzene rings is 1. The maximum absolute atomic E-state index is 16.0. The SMILES string of the molecule is C=CC(=O)N1CCc2nc(-c3nc(-c4ccc5c(c4)CCN(CC(F)F)CC5)c4ccsc4c3/C(C(=C)OCCOC)=C(F)/C=C/F)sc2C1. The molecule has 1 amide bonds. The molecule has 0 spiro atoms. The first-order valence-corrected chi connectivity index (χ1v) is 17.8. The first kappa shape index (κ1) is 35.6. The van der Waals surface area contributed by atoms with Gasteiger partial charge in [-0.3, -0.25) is 9.69 Å². The van der Waals surface area contributed by atoms with Gasteiger partial charge in [0, 0.05) is 65.3 Å². The number of rotatable bonds is 12. The number of pyridine rings is 1. The summed E-state index contributed by atoms with van der Waals surface area (Å²) >= 11 is 2.74. The van der Waals surface area contributed by atoms with Crippen molar-refractivity contribution >= 4 is 44.2 Å². The van der Waals surface area contributed by atoms with Crippen LogP contribution in [0.5, 0.6) is 0 Å². The molecular weight excluding hydrogens is 689 g/mol. The molecule has 6 rings (SSSR count). The van der Waals surface area contributed by atoms with E-state index < -0.39 is 12.3 Å². The van der Waals surface area contributed by atoms with Crippen LogP contribution in [0.1, 0.15) is 27.3 Å². The van der Waals surface area contributed by atoms with Crippen molar-refractivity contribution < 1.29 is 31.8 Å². The predicted molar refractivity (Wildman–Crippen MR) is 191 cm³/mol. The van der Waals surface area contributed by atoms with Gasteiger partial charge < -0.3 is 14.4 Å². The van der Waals surface area contributed by atoms with E-state index in [1.165, 1.54) is 35.9 Å². The molecule has 262 valence electrons. The fourth-order valence-corrected chi connectivity index (χ4v) is 8.46. The number of alkyl halides is 2. The maximum atomic E-state index is 16.0. The van der Waals surface area contributed by atoms with Crippen LogP contribution in [0.2, 0.25) is 0 Å². The van der Waals surface area contributed by atoms with Gasteiger partial charge in [-0.1, -0.05) is 25.3 Å². The lowest BCUT2D eigenvalue weighted by Crippen LogP contribution is -2.34. The van der Waals surface area contributed by atoms with Crippen molar-refractivity contribution in [2.45, 2.75) is 32.2 Å². The molecule has 4 aromatic rings. The Labute approximate surface area is 295 Å². The molecule has 0 aliphatic carbocycles. The number of amides is 1. The largest absolute Gasteiger partial charge is 0.491 e. The second-order valence-electron chi connectivity index (χ2n) is 11.9. The third kappa shape index (κ3) is 7.46. The van der Waals surface area contributed by atoms with E-state index in [1.807, 2.05) is 23.6 Å². The monoisotopic (exact) mass is 724 g/mol. The molecule has 50 heavy (non-hydrogen) atoms. The predicted octanol–water partition coefficient (Wildman–Crippen LogP) is 8.16. The summed E-state index contributed by atoms with van der Waals surface area (Å²) in [6.07, 6.45) is 1.52. The van der Waals surface area contributed by atoms with E-state index in [1.54, 1.807) is 9.80 Å². The smallest absolute Gasteiger partial charge is 0.251 e. The first-order chi connectivity index (χ1) is 24.2. The zero-order valence-electron chi connectivity index (χ0n) is 27.5. The van der Waals surface area contributed by atoms with Crippen molar-refractivity contribution in [2.24, 2.45) is 0 Å². The van der Waals surface area contributed by atoms with E-state index in [9.17, 15) is 18.0 Å². The number of hydrogen-bond donors (Lipinski definition) is 0. The number of allylic oxidation sites excluding steroid dienone is 3. The topological polar surface area (TPSA) is 67.8 Å². The summed E-state index contributed by atoms with van der Waals surface area (Å²) in [4.78, 5) is 27.0. The van der Waals surface area contributed by atoms with Gasteiger partial charge in [0.1, 0.15) is 28.9 Å². The lowest BCUT2D eigenvalue weighted by atomic mass is 9.95. The Kier molecular flexibility index (Phi) is 11.3. The zero-order chi connectivity index (χ0) is 35.4. The number of aromatic nitrogens is 2. The average molecular weight is 725 g/mol. The lowest BCUT2D eigenvalue weighted by Gasteiger charge is -2.24. The van der Waals surface area contributed by atoms with Crippen molar-refractivity contribution in [1.82, 2.24) is 19.8 Å². The van der Waals surface area contributed by atoms with Crippen LogP contribution in [0, 0.1) is 0 Å². The molecule has 3 aromatic heterocycles. The highest BCUT2D eigenvalue weighted by atomic mass is 32.1. The highest BCUT2D eigenvalue weighted by molar-refractivity contribution is 7.18. The minimum Gasteiger partial charge on any atom is -0.491 e. The number of carbonyl (C=O) groups is 1. The van der Waals surface area contributed by atoms with Crippen LogP contribution in [0.15, 0.2) is 72.9 Å². The number of thiophene rings is 1. The number of nitrogens with zero attached hydrogens (tertiary/aromatic N) is 4.